The van der Waals surface area contributed by atoms with Crippen LogP contribution in [0, 0.1) is 0 Å². The second-order valence-electron chi connectivity index (χ2n) is 4.26. The highest BCUT2D eigenvalue weighted by Crippen LogP contribution is 2.25. The summed E-state index contributed by atoms with van der Waals surface area (Å²) in [6, 6.07) is 9.29. The van der Waals surface area contributed by atoms with Crippen LogP contribution in [0.3, 0.4) is 0 Å². The summed E-state index contributed by atoms with van der Waals surface area (Å²) in [4.78, 5) is 27.3. The first-order valence-electron chi connectivity index (χ1n) is 6.07. The Kier molecular flexibility index (Phi) is 5.66. The van der Waals surface area contributed by atoms with E-state index in [0.29, 0.717) is 4.47 Å². The Labute approximate surface area is 143 Å². The zero-order valence-electron chi connectivity index (χ0n) is 11.0. The van der Waals surface area contributed by atoms with Crippen molar-refractivity contribution in [2.75, 3.05) is 5.32 Å². The SMILES string of the molecule is CC(Sc1ccc(Br)cc1)C(=O)Nc1cc(Br)c[nH]c1=O. The lowest BCUT2D eigenvalue weighted by Crippen LogP contribution is -2.26. The summed E-state index contributed by atoms with van der Waals surface area (Å²) in [5.74, 6) is -0.216. The fraction of sp³-hybridized carbons (Fsp3) is 0.143. The second-order valence-corrected chi connectivity index (χ2v) is 7.51. The number of pyridine rings is 1. The molecule has 0 saturated carbocycles. The molecule has 0 aliphatic rings. The molecule has 0 saturated heterocycles. The van der Waals surface area contributed by atoms with E-state index in [1.165, 1.54) is 18.0 Å². The second kappa shape index (κ2) is 7.29. The van der Waals surface area contributed by atoms with Crippen molar-refractivity contribution in [1.29, 1.82) is 0 Å². The van der Waals surface area contributed by atoms with Gasteiger partial charge in [-0.2, -0.15) is 0 Å². The summed E-state index contributed by atoms with van der Waals surface area (Å²) in [5.41, 5.74) is -0.0926. The van der Waals surface area contributed by atoms with Crippen LogP contribution in [-0.4, -0.2) is 16.1 Å². The normalized spacial score (nSPS) is 12.0. The standard InChI is InChI=1S/C14H12Br2N2O2S/c1-8(21-11-4-2-9(15)3-5-11)13(19)18-12-6-10(16)7-17-14(12)20/h2-8H,1H3,(H,17,20)(H,18,19). The maximum atomic E-state index is 12.1. The Morgan fingerprint density at radius 1 is 1.24 bits per heavy atom. The van der Waals surface area contributed by atoms with Crippen LogP contribution in [0.4, 0.5) is 5.69 Å². The molecular formula is C14H12Br2N2O2S. The Bertz CT molecular complexity index is 701. The number of amides is 1. The topological polar surface area (TPSA) is 62.0 Å². The van der Waals surface area contributed by atoms with Crippen LogP contribution in [0.15, 0.2) is 55.2 Å². The number of carbonyl (C=O) groups is 1. The fourth-order valence-electron chi connectivity index (χ4n) is 1.56. The Morgan fingerprint density at radius 3 is 2.57 bits per heavy atom. The maximum absolute atomic E-state index is 12.1. The molecule has 0 aliphatic carbocycles. The summed E-state index contributed by atoms with van der Waals surface area (Å²) < 4.78 is 1.69. The predicted octanol–water partition coefficient (Wildman–Crippen LogP) is 4.02. The van der Waals surface area contributed by atoms with Crippen LogP contribution in [-0.2, 0) is 4.79 Å². The summed E-state index contributed by atoms with van der Waals surface area (Å²) in [7, 11) is 0. The monoisotopic (exact) mass is 430 g/mol. The van der Waals surface area contributed by atoms with E-state index in [4.69, 9.17) is 0 Å². The van der Waals surface area contributed by atoms with Crippen molar-refractivity contribution in [3.8, 4) is 0 Å². The molecule has 0 radical (unpaired) electrons. The minimum Gasteiger partial charge on any atom is -0.326 e. The first kappa shape index (κ1) is 16.3. The molecule has 2 N–H and O–H groups in total. The number of halogens is 2. The lowest BCUT2D eigenvalue weighted by Gasteiger charge is -2.11. The first-order chi connectivity index (χ1) is 9.95. The highest BCUT2D eigenvalue weighted by molar-refractivity contribution is 9.10. The van der Waals surface area contributed by atoms with Gasteiger partial charge in [0.25, 0.3) is 5.56 Å². The van der Waals surface area contributed by atoms with Gasteiger partial charge in [-0.25, -0.2) is 0 Å². The average Bonchev–Trinajstić information content (AvgIpc) is 2.45. The van der Waals surface area contributed by atoms with Gasteiger partial charge >= 0.3 is 0 Å². The number of thioether (sulfide) groups is 1. The third-order valence-corrected chi connectivity index (χ3v) is 4.72. The third-order valence-electron chi connectivity index (χ3n) is 2.62. The number of anilines is 1. The molecule has 2 aromatic rings. The molecule has 0 bridgehead atoms. The molecule has 0 aliphatic heterocycles. The number of carbonyl (C=O) groups excluding carboxylic acids is 1. The number of hydrogen-bond donors (Lipinski definition) is 2. The molecule has 0 fully saturated rings. The number of aromatic amines is 1. The Balaban J connectivity index is 2.04. The van der Waals surface area contributed by atoms with Gasteiger partial charge in [0.15, 0.2) is 0 Å². The molecule has 0 spiro atoms. The van der Waals surface area contributed by atoms with Crippen LogP contribution in [0.2, 0.25) is 0 Å². The molecule has 1 unspecified atom stereocenters. The zero-order chi connectivity index (χ0) is 15.4. The Hall–Kier alpha value is -1.05. The zero-order valence-corrected chi connectivity index (χ0v) is 15.0. The minimum atomic E-state index is -0.326. The van der Waals surface area contributed by atoms with Crippen LogP contribution in [0.5, 0.6) is 0 Å². The van der Waals surface area contributed by atoms with Crippen molar-refractivity contribution in [3.63, 3.8) is 0 Å². The molecule has 4 nitrogen and oxygen atoms in total. The molecule has 1 aromatic heterocycles. The molecular weight excluding hydrogens is 420 g/mol. The van der Waals surface area contributed by atoms with E-state index < -0.39 is 0 Å². The van der Waals surface area contributed by atoms with Crippen molar-refractivity contribution in [2.24, 2.45) is 0 Å². The number of aromatic nitrogens is 1. The van der Waals surface area contributed by atoms with Gasteiger partial charge in [0.2, 0.25) is 5.91 Å². The number of hydrogen-bond acceptors (Lipinski definition) is 3. The average molecular weight is 432 g/mol. The van der Waals surface area contributed by atoms with E-state index in [1.54, 1.807) is 13.0 Å². The highest BCUT2D eigenvalue weighted by Gasteiger charge is 2.16. The summed E-state index contributed by atoms with van der Waals surface area (Å²) in [6.07, 6.45) is 1.53. The highest BCUT2D eigenvalue weighted by atomic mass is 79.9. The van der Waals surface area contributed by atoms with Gasteiger partial charge in [0, 0.05) is 20.0 Å². The van der Waals surface area contributed by atoms with Crippen molar-refractivity contribution >= 4 is 55.2 Å². The Morgan fingerprint density at radius 2 is 1.90 bits per heavy atom. The predicted molar refractivity (Wildman–Crippen MR) is 92.9 cm³/mol. The summed E-state index contributed by atoms with van der Waals surface area (Å²) >= 11 is 8.05. The van der Waals surface area contributed by atoms with E-state index in [9.17, 15) is 9.59 Å². The van der Waals surface area contributed by atoms with Crippen molar-refractivity contribution in [3.05, 3.63) is 55.8 Å². The maximum Gasteiger partial charge on any atom is 0.271 e. The lowest BCUT2D eigenvalue weighted by atomic mass is 10.3. The molecule has 110 valence electrons. The molecule has 1 aromatic carbocycles. The van der Waals surface area contributed by atoms with E-state index >= 15 is 0 Å². The van der Waals surface area contributed by atoms with Gasteiger partial charge in [-0.1, -0.05) is 15.9 Å². The summed E-state index contributed by atoms with van der Waals surface area (Å²) in [6.45, 7) is 1.80. The third kappa shape index (κ3) is 4.72. The molecule has 1 amide bonds. The van der Waals surface area contributed by atoms with Crippen molar-refractivity contribution in [1.82, 2.24) is 4.98 Å². The summed E-state index contributed by atoms with van der Waals surface area (Å²) in [5, 5.41) is 2.32. The first-order valence-corrected chi connectivity index (χ1v) is 8.53. The van der Waals surface area contributed by atoms with E-state index in [0.717, 1.165) is 9.37 Å². The van der Waals surface area contributed by atoms with E-state index in [1.807, 2.05) is 24.3 Å². The van der Waals surface area contributed by atoms with E-state index in [2.05, 4.69) is 42.2 Å². The smallest absolute Gasteiger partial charge is 0.271 e. The van der Waals surface area contributed by atoms with E-state index in [-0.39, 0.29) is 22.4 Å². The van der Waals surface area contributed by atoms with Gasteiger partial charge in [-0.3, -0.25) is 9.59 Å². The fourth-order valence-corrected chi connectivity index (χ4v) is 3.03. The molecule has 7 heteroatoms. The largest absolute Gasteiger partial charge is 0.326 e. The van der Waals surface area contributed by atoms with Gasteiger partial charge in [-0.15, -0.1) is 11.8 Å². The van der Waals surface area contributed by atoms with Crippen molar-refractivity contribution in [2.45, 2.75) is 17.1 Å². The molecule has 1 heterocycles. The van der Waals surface area contributed by atoms with Crippen LogP contribution >= 0.6 is 43.6 Å². The van der Waals surface area contributed by atoms with Crippen molar-refractivity contribution < 1.29 is 4.79 Å². The van der Waals surface area contributed by atoms with Gasteiger partial charge in [0.1, 0.15) is 5.69 Å². The lowest BCUT2D eigenvalue weighted by molar-refractivity contribution is -0.115. The van der Waals surface area contributed by atoms with Gasteiger partial charge in [-0.05, 0) is 53.2 Å². The van der Waals surface area contributed by atoms with Crippen LogP contribution in [0.25, 0.3) is 0 Å². The molecule has 2 rings (SSSR count). The van der Waals surface area contributed by atoms with Gasteiger partial charge < -0.3 is 10.3 Å². The molecule has 1 atom stereocenters. The van der Waals surface area contributed by atoms with Gasteiger partial charge in [0.05, 0.1) is 5.25 Å². The molecule has 21 heavy (non-hydrogen) atoms. The minimum absolute atomic E-state index is 0.216. The number of rotatable bonds is 4. The number of H-pyrrole nitrogens is 1. The van der Waals surface area contributed by atoms with Crippen LogP contribution in [0.1, 0.15) is 6.92 Å². The quantitative estimate of drug-likeness (QED) is 0.718. The number of nitrogens with one attached hydrogen (secondary N) is 2. The van der Waals surface area contributed by atoms with Crippen LogP contribution < -0.4 is 10.9 Å². The number of benzene rings is 1.